The summed E-state index contributed by atoms with van der Waals surface area (Å²) < 4.78 is 10.7. The Balaban J connectivity index is 2.39. The minimum Gasteiger partial charge on any atom is -0.492 e. The van der Waals surface area contributed by atoms with Crippen LogP contribution in [0.4, 0.5) is 0 Å². The number of aliphatic hydroxyl groups excluding tert-OH is 2. The van der Waals surface area contributed by atoms with Crippen LogP contribution < -0.4 is 0 Å². The monoisotopic (exact) mass is 214 g/mol. The summed E-state index contributed by atoms with van der Waals surface area (Å²) in [5.41, 5.74) is 0. The van der Waals surface area contributed by atoms with E-state index in [9.17, 15) is 0 Å². The third-order valence-corrected chi connectivity index (χ3v) is 2.16. The molecular formula is C11H18O4. The van der Waals surface area contributed by atoms with Crippen molar-refractivity contribution >= 4 is 0 Å². The standard InChI is InChI=1S/C11H18O4/c1-9-8-10(14-6-4-12)2-3-11(9)15-7-5-13/h2-3,8-9,11-13H,4-7H2,1H3. The predicted octanol–water partition coefficient (Wildman–Crippen LogP) is 0.463. The molecule has 0 fully saturated rings. The topological polar surface area (TPSA) is 58.9 Å². The molecule has 0 saturated carbocycles. The summed E-state index contributed by atoms with van der Waals surface area (Å²) in [6, 6.07) is 0. The van der Waals surface area contributed by atoms with Crippen LogP contribution in [0.5, 0.6) is 0 Å². The molecule has 0 spiro atoms. The fourth-order valence-corrected chi connectivity index (χ4v) is 1.43. The van der Waals surface area contributed by atoms with Gasteiger partial charge in [0.15, 0.2) is 0 Å². The van der Waals surface area contributed by atoms with Gasteiger partial charge >= 0.3 is 0 Å². The van der Waals surface area contributed by atoms with Gasteiger partial charge in [-0.3, -0.25) is 0 Å². The van der Waals surface area contributed by atoms with Gasteiger partial charge in [0.1, 0.15) is 12.4 Å². The molecule has 4 nitrogen and oxygen atoms in total. The Kier molecular flexibility index (Phi) is 5.39. The average Bonchev–Trinajstić information content (AvgIpc) is 2.25. The summed E-state index contributed by atoms with van der Waals surface area (Å²) in [5, 5.41) is 17.2. The molecule has 0 radical (unpaired) electrons. The van der Waals surface area contributed by atoms with E-state index >= 15 is 0 Å². The maximum absolute atomic E-state index is 8.63. The normalized spacial score (nSPS) is 25.1. The quantitative estimate of drug-likeness (QED) is 0.674. The van der Waals surface area contributed by atoms with Crippen molar-refractivity contribution in [1.82, 2.24) is 0 Å². The van der Waals surface area contributed by atoms with Crippen LogP contribution in [0.25, 0.3) is 0 Å². The highest BCUT2D eigenvalue weighted by atomic mass is 16.5. The van der Waals surface area contributed by atoms with Crippen molar-refractivity contribution in [2.45, 2.75) is 13.0 Å². The molecule has 0 heterocycles. The molecule has 1 aliphatic rings. The molecule has 15 heavy (non-hydrogen) atoms. The van der Waals surface area contributed by atoms with Crippen LogP contribution >= 0.6 is 0 Å². The number of aliphatic hydroxyl groups is 2. The van der Waals surface area contributed by atoms with Crippen molar-refractivity contribution in [3.63, 3.8) is 0 Å². The number of ether oxygens (including phenoxy) is 2. The van der Waals surface area contributed by atoms with Gasteiger partial charge in [-0.25, -0.2) is 0 Å². The molecule has 0 saturated heterocycles. The van der Waals surface area contributed by atoms with Crippen molar-refractivity contribution in [2.24, 2.45) is 5.92 Å². The second kappa shape index (κ2) is 6.61. The Morgan fingerprint density at radius 2 is 2.00 bits per heavy atom. The van der Waals surface area contributed by atoms with E-state index in [2.05, 4.69) is 0 Å². The first-order valence-electron chi connectivity index (χ1n) is 5.14. The Hall–Kier alpha value is -0.840. The first-order chi connectivity index (χ1) is 7.27. The molecule has 2 N–H and O–H groups in total. The Bertz CT molecular complexity index is 235. The predicted molar refractivity (Wildman–Crippen MR) is 56.3 cm³/mol. The molecule has 0 aliphatic heterocycles. The van der Waals surface area contributed by atoms with Gasteiger partial charge in [0.05, 0.1) is 25.9 Å². The van der Waals surface area contributed by atoms with Crippen LogP contribution in [0.2, 0.25) is 0 Å². The van der Waals surface area contributed by atoms with E-state index in [4.69, 9.17) is 19.7 Å². The third kappa shape index (κ3) is 4.03. The largest absolute Gasteiger partial charge is 0.492 e. The smallest absolute Gasteiger partial charge is 0.115 e. The zero-order valence-electron chi connectivity index (χ0n) is 8.93. The number of hydrogen-bond acceptors (Lipinski definition) is 4. The van der Waals surface area contributed by atoms with E-state index < -0.39 is 0 Å². The number of hydrogen-bond donors (Lipinski definition) is 2. The van der Waals surface area contributed by atoms with Gasteiger partial charge in [-0.1, -0.05) is 13.0 Å². The van der Waals surface area contributed by atoms with Crippen molar-refractivity contribution in [3.05, 3.63) is 24.0 Å². The molecule has 0 aromatic rings. The molecule has 0 bridgehead atoms. The fourth-order valence-electron chi connectivity index (χ4n) is 1.43. The van der Waals surface area contributed by atoms with Gasteiger partial charge in [0.25, 0.3) is 0 Å². The van der Waals surface area contributed by atoms with Crippen LogP contribution in [0.15, 0.2) is 24.0 Å². The van der Waals surface area contributed by atoms with Gasteiger partial charge in [-0.2, -0.15) is 0 Å². The zero-order valence-corrected chi connectivity index (χ0v) is 8.93. The van der Waals surface area contributed by atoms with E-state index in [1.54, 1.807) is 0 Å². The highest BCUT2D eigenvalue weighted by molar-refractivity contribution is 5.21. The molecule has 2 unspecified atom stereocenters. The lowest BCUT2D eigenvalue weighted by molar-refractivity contribution is 0.0339. The van der Waals surface area contributed by atoms with E-state index in [0.29, 0.717) is 13.2 Å². The van der Waals surface area contributed by atoms with E-state index in [1.165, 1.54) is 0 Å². The maximum Gasteiger partial charge on any atom is 0.115 e. The summed E-state index contributed by atoms with van der Waals surface area (Å²) in [6.07, 6.45) is 5.70. The lowest BCUT2D eigenvalue weighted by Crippen LogP contribution is -2.22. The van der Waals surface area contributed by atoms with Crippen molar-refractivity contribution in [3.8, 4) is 0 Å². The minimum absolute atomic E-state index is 0.00127. The molecular weight excluding hydrogens is 196 g/mol. The van der Waals surface area contributed by atoms with Gasteiger partial charge < -0.3 is 19.7 Å². The van der Waals surface area contributed by atoms with Crippen molar-refractivity contribution in [1.29, 1.82) is 0 Å². The van der Waals surface area contributed by atoms with Gasteiger partial charge in [0.2, 0.25) is 0 Å². The summed E-state index contributed by atoms with van der Waals surface area (Å²) in [7, 11) is 0. The van der Waals surface area contributed by atoms with Crippen LogP contribution in [0.1, 0.15) is 6.92 Å². The van der Waals surface area contributed by atoms with Crippen molar-refractivity contribution in [2.75, 3.05) is 26.4 Å². The first-order valence-corrected chi connectivity index (χ1v) is 5.14. The van der Waals surface area contributed by atoms with Crippen LogP contribution in [-0.2, 0) is 9.47 Å². The lowest BCUT2D eigenvalue weighted by Gasteiger charge is -2.22. The molecule has 4 heteroatoms. The van der Waals surface area contributed by atoms with E-state index in [0.717, 1.165) is 5.76 Å². The van der Waals surface area contributed by atoms with Crippen LogP contribution in [-0.4, -0.2) is 42.7 Å². The molecule has 1 rings (SSSR count). The molecule has 0 aromatic heterocycles. The van der Waals surface area contributed by atoms with Crippen molar-refractivity contribution < 1.29 is 19.7 Å². The van der Waals surface area contributed by atoms with Gasteiger partial charge in [0, 0.05) is 5.92 Å². The van der Waals surface area contributed by atoms with Crippen LogP contribution in [0.3, 0.4) is 0 Å². The number of allylic oxidation sites excluding steroid dienone is 1. The Labute approximate surface area is 89.8 Å². The Morgan fingerprint density at radius 3 is 2.60 bits per heavy atom. The minimum atomic E-state index is -0.00127. The SMILES string of the molecule is CC1C=C(OCCO)C=CC1OCCO. The summed E-state index contributed by atoms with van der Waals surface area (Å²) in [4.78, 5) is 0. The molecule has 1 aliphatic carbocycles. The molecule has 2 atom stereocenters. The van der Waals surface area contributed by atoms with Crippen LogP contribution in [0, 0.1) is 5.92 Å². The third-order valence-electron chi connectivity index (χ3n) is 2.16. The second-order valence-corrected chi connectivity index (χ2v) is 3.42. The fraction of sp³-hybridized carbons (Fsp3) is 0.636. The Morgan fingerprint density at radius 1 is 1.27 bits per heavy atom. The molecule has 0 aromatic carbocycles. The maximum atomic E-state index is 8.63. The summed E-state index contributed by atoms with van der Waals surface area (Å²) in [6.45, 7) is 2.73. The highest BCUT2D eigenvalue weighted by Gasteiger charge is 2.17. The van der Waals surface area contributed by atoms with Gasteiger partial charge in [-0.15, -0.1) is 0 Å². The highest BCUT2D eigenvalue weighted by Crippen LogP contribution is 2.20. The zero-order chi connectivity index (χ0) is 11.1. The molecule has 86 valence electrons. The first kappa shape index (κ1) is 12.2. The summed E-state index contributed by atoms with van der Waals surface area (Å²) >= 11 is 0. The van der Waals surface area contributed by atoms with E-state index in [-0.39, 0.29) is 25.2 Å². The van der Waals surface area contributed by atoms with Gasteiger partial charge in [-0.05, 0) is 12.2 Å². The van der Waals surface area contributed by atoms with E-state index in [1.807, 2.05) is 25.2 Å². The number of rotatable bonds is 6. The average molecular weight is 214 g/mol. The summed E-state index contributed by atoms with van der Waals surface area (Å²) in [5.74, 6) is 0.982. The second-order valence-electron chi connectivity index (χ2n) is 3.42. The molecule has 0 amide bonds. The lowest BCUT2D eigenvalue weighted by atomic mass is 9.99.